The molecule has 0 spiro atoms. The zero-order valence-corrected chi connectivity index (χ0v) is 13.4. The van der Waals surface area contributed by atoms with Gasteiger partial charge in [0, 0.05) is 4.90 Å². The fraction of sp³-hybridized carbons (Fsp3) is 0.562. The van der Waals surface area contributed by atoms with Gasteiger partial charge in [-0.2, -0.15) is 0 Å². The van der Waals surface area contributed by atoms with Crippen LogP contribution in [0.25, 0.3) is 0 Å². The van der Waals surface area contributed by atoms with E-state index in [1.165, 1.54) is 12.7 Å². The van der Waals surface area contributed by atoms with Crippen LogP contribution in [-0.2, 0) is 14.9 Å². The van der Waals surface area contributed by atoms with Gasteiger partial charge in [0.25, 0.3) is 0 Å². The molecule has 0 N–H and O–H groups in total. The predicted molar refractivity (Wildman–Crippen MR) is 81.8 cm³/mol. The lowest BCUT2D eigenvalue weighted by Gasteiger charge is -2.35. The number of ether oxygens (including phenoxy) is 1. The molecule has 0 saturated heterocycles. The fourth-order valence-electron chi connectivity index (χ4n) is 2.58. The van der Waals surface area contributed by atoms with E-state index in [2.05, 4.69) is 38.6 Å². The molecule has 0 radical (unpaired) electrons. The molecule has 2 nitrogen and oxygen atoms in total. The average Bonchev–Trinajstić information content (AvgIpc) is 2.37. The number of benzene rings is 1. The molecule has 3 heteroatoms. The molecular weight excluding hydrogens is 256 g/mol. The van der Waals surface area contributed by atoms with E-state index in [0.717, 1.165) is 17.7 Å². The number of esters is 1. The van der Waals surface area contributed by atoms with Crippen molar-refractivity contribution in [3.05, 3.63) is 29.8 Å². The molecular formula is C16H24O2S. The number of hydrogen-bond acceptors (Lipinski definition) is 3. The standard InChI is InChI=1S/C16H24O2S/c1-6-16(4,14(17)18-5)11-15(2,3)12-7-9-13(19)10-8-12/h7-10,19H,6,11H2,1-5H3. The third-order valence-corrected chi connectivity index (χ3v) is 4.24. The van der Waals surface area contributed by atoms with Crippen molar-refractivity contribution in [1.82, 2.24) is 0 Å². The van der Waals surface area contributed by atoms with Gasteiger partial charge in [-0.15, -0.1) is 12.6 Å². The SMILES string of the molecule is CCC(C)(CC(C)(C)c1ccc(S)cc1)C(=O)OC. The Hall–Kier alpha value is -0.960. The van der Waals surface area contributed by atoms with Crippen LogP contribution in [0.15, 0.2) is 29.2 Å². The van der Waals surface area contributed by atoms with E-state index in [9.17, 15) is 4.79 Å². The zero-order valence-electron chi connectivity index (χ0n) is 12.5. The molecule has 1 aromatic carbocycles. The fourth-order valence-corrected chi connectivity index (χ4v) is 2.73. The maximum absolute atomic E-state index is 12.0. The first-order valence-corrected chi connectivity index (χ1v) is 7.08. The maximum atomic E-state index is 12.0. The molecule has 1 aromatic rings. The first kappa shape index (κ1) is 16.1. The van der Waals surface area contributed by atoms with Gasteiger partial charge in [0.15, 0.2) is 0 Å². The quantitative estimate of drug-likeness (QED) is 0.645. The zero-order chi connectivity index (χ0) is 14.7. The van der Waals surface area contributed by atoms with E-state index < -0.39 is 5.41 Å². The van der Waals surface area contributed by atoms with Crippen LogP contribution >= 0.6 is 12.6 Å². The third-order valence-electron chi connectivity index (χ3n) is 3.94. The summed E-state index contributed by atoms with van der Waals surface area (Å²) in [5.41, 5.74) is 0.687. The van der Waals surface area contributed by atoms with Gasteiger partial charge in [0.2, 0.25) is 0 Å². The van der Waals surface area contributed by atoms with Crippen LogP contribution in [-0.4, -0.2) is 13.1 Å². The van der Waals surface area contributed by atoms with E-state index in [-0.39, 0.29) is 11.4 Å². The largest absolute Gasteiger partial charge is 0.469 e. The molecule has 1 rings (SSSR count). The van der Waals surface area contributed by atoms with Gasteiger partial charge < -0.3 is 4.74 Å². The van der Waals surface area contributed by atoms with Crippen molar-refractivity contribution in [3.63, 3.8) is 0 Å². The van der Waals surface area contributed by atoms with E-state index >= 15 is 0 Å². The lowest BCUT2D eigenvalue weighted by molar-refractivity contribution is -0.153. The average molecular weight is 280 g/mol. The van der Waals surface area contributed by atoms with Crippen molar-refractivity contribution in [2.45, 2.75) is 50.8 Å². The predicted octanol–water partition coefficient (Wildman–Crippen LogP) is 4.23. The highest BCUT2D eigenvalue weighted by Crippen LogP contribution is 2.39. The van der Waals surface area contributed by atoms with Crippen molar-refractivity contribution >= 4 is 18.6 Å². The first-order chi connectivity index (χ1) is 8.75. The Kier molecular flexibility index (Phi) is 5.08. The molecule has 0 saturated carbocycles. The molecule has 0 bridgehead atoms. The highest BCUT2D eigenvalue weighted by molar-refractivity contribution is 7.80. The number of carbonyl (C=O) groups is 1. The monoisotopic (exact) mass is 280 g/mol. The summed E-state index contributed by atoms with van der Waals surface area (Å²) in [7, 11) is 1.46. The van der Waals surface area contributed by atoms with Crippen LogP contribution in [0.4, 0.5) is 0 Å². The third kappa shape index (κ3) is 3.75. The molecule has 1 unspecified atom stereocenters. The minimum atomic E-state index is -0.447. The highest BCUT2D eigenvalue weighted by atomic mass is 32.1. The summed E-state index contributed by atoms with van der Waals surface area (Å²) in [6.45, 7) is 8.34. The number of rotatable bonds is 5. The first-order valence-electron chi connectivity index (χ1n) is 6.63. The summed E-state index contributed by atoms with van der Waals surface area (Å²) in [5.74, 6) is -0.131. The smallest absolute Gasteiger partial charge is 0.311 e. The lowest BCUT2D eigenvalue weighted by atomic mass is 9.69. The van der Waals surface area contributed by atoms with Gasteiger partial charge in [-0.1, -0.05) is 32.9 Å². The molecule has 0 heterocycles. The topological polar surface area (TPSA) is 26.3 Å². The molecule has 0 fully saturated rings. The Balaban J connectivity index is 3.00. The molecule has 0 aromatic heterocycles. The normalized spacial score (nSPS) is 14.8. The van der Waals surface area contributed by atoms with Crippen LogP contribution in [0.5, 0.6) is 0 Å². The molecule has 0 amide bonds. The number of thiol groups is 1. The molecule has 0 aliphatic carbocycles. The Morgan fingerprint density at radius 3 is 2.16 bits per heavy atom. The van der Waals surface area contributed by atoms with E-state index in [1.807, 2.05) is 26.0 Å². The second-order valence-electron chi connectivity index (χ2n) is 6.01. The molecule has 106 valence electrons. The summed E-state index contributed by atoms with van der Waals surface area (Å²) in [6.07, 6.45) is 1.53. The van der Waals surface area contributed by atoms with Crippen molar-refractivity contribution in [3.8, 4) is 0 Å². The van der Waals surface area contributed by atoms with Gasteiger partial charge in [-0.3, -0.25) is 4.79 Å². The van der Waals surface area contributed by atoms with Gasteiger partial charge in [0.05, 0.1) is 12.5 Å². The van der Waals surface area contributed by atoms with Gasteiger partial charge in [-0.05, 0) is 42.9 Å². The summed E-state index contributed by atoms with van der Waals surface area (Å²) < 4.78 is 4.96. The van der Waals surface area contributed by atoms with E-state index in [1.54, 1.807) is 0 Å². The van der Waals surface area contributed by atoms with Crippen LogP contribution in [0.2, 0.25) is 0 Å². The Bertz CT molecular complexity index is 437. The van der Waals surface area contributed by atoms with Crippen molar-refractivity contribution in [2.24, 2.45) is 5.41 Å². The Labute approximate surface area is 122 Å². The number of carbonyl (C=O) groups excluding carboxylic acids is 1. The van der Waals surface area contributed by atoms with Crippen LogP contribution < -0.4 is 0 Å². The summed E-state index contributed by atoms with van der Waals surface area (Å²) in [6, 6.07) is 8.13. The van der Waals surface area contributed by atoms with Crippen molar-refractivity contribution in [1.29, 1.82) is 0 Å². The molecule has 1 atom stereocenters. The molecule has 19 heavy (non-hydrogen) atoms. The summed E-state index contributed by atoms with van der Waals surface area (Å²) in [4.78, 5) is 12.9. The van der Waals surface area contributed by atoms with Gasteiger partial charge in [0.1, 0.15) is 0 Å². The van der Waals surface area contributed by atoms with Crippen LogP contribution in [0.3, 0.4) is 0 Å². The molecule has 0 aliphatic rings. The second-order valence-corrected chi connectivity index (χ2v) is 6.53. The van der Waals surface area contributed by atoms with Gasteiger partial charge >= 0.3 is 5.97 Å². The summed E-state index contributed by atoms with van der Waals surface area (Å²) >= 11 is 4.31. The number of hydrogen-bond donors (Lipinski definition) is 1. The Morgan fingerprint density at radius 2 is 1.74 bits per heavy atom. The van der Waals surface area contributed by atoms with Crippen molar-refractivity contribution < 1.29 is 9.53 Å². The Morgan fingerprint density at radius 1 is 1.21 bits per heavy atom. The van der Waals surface area contributed by atoms with Crippen LogP contribution in [0, 0.1) is 5.41 Å². The van der Waals surface area contributed by atoms with Crippen LogP contribution in [0.1, 0.15) is 46.1 Å². The second kappa shape index (κ2) is 6.00. The van der Waals surface area contributed by atoms with Gasteiger partial charge in [-0.25, -0.2) is 0 Å². The minimum absolute atomic E-state index is 0.0829. The summed E-state index contributed by atoms with van der Waals surface area (Å²) in [5, 5.41) is 0. The lowest BCUT2D eigenvalue weighted by Crippen LogP contribution is -2.35. The van der Waals surface area contributed by atoms with E-state index in [0.29, 0.717) is 0 Å². The van der Waals surface area contributed by atoms with Crippen molar-refractivity contribution in [2.75, 3.05) is 7.11 Å². The number of methoxy groups -OCH3 is 1. The van der Waals surface area contributed by atoms with E-state index in [4.69, 9.17) is 4.74 Å². The maximum Gasteiger partial charge on any atom is 0.311 e. The molecule has 0 aliphatic heterocycles. The minimum Gasteiger partial charge on any atom is -0.469 e. The highest BCUT2D eigenvalue weighted by Gasteiger charge is 2.38.